The Bertz CT molecular complexity index is 661. The molecule has 1 aliphatic heterocycles. The molecule has 0 saturated carbocycles. The van der Waals surface area contributed by atoms with Gasteiger partial charge in [-0.05, 0) is 30.4 Å². The molecule has 0 bridgehead atoms. The van der Waals surface area contributed by atoms with Gasteiger partial charge in [0.2, 0.25) is 0 Å². The van der Waals surface area contributed by atoms with Gasteiger partial charge < -0.3 is 10.4 Å². The molecular weight excluding hydrogens is 334 g/mol. The van der Waals surface area contributed by atoms with Crippen molar-refractivity contribution in [2.45, 2.75) is 31.2 Å². The molecule has 0 radical (unpaired) electrons. The number of carboxylic acid groups (broad SMARTS) is 1. The van der Waals surface area contributed by atoms with Crippen LogP contribution in [0.5, 0.6) is 0 Å². The van der Waals surface area contributed by atoms with Crippen molar-refractivity contribution in [3.63, 3.8) is 0 Å². The Morgan fingerprint density at radius 2 is 1.60 bits per heavy atom. The molecule has 0 aliphatic carbocycles. The minimum Gasteiger partial charge on any atom is -0.478 e. The van der Waals surface area contributed by atoms with Crippen LogP contribution in [0, 0.1) is 0 Å². The van der Waals surface area contributed by atoms with E-state index in [2.05, 4.69) is 53.8 Å². The zero-order valence-corrected chi connectivity index (χ0v) is 14.9. The molecule has 0 spiro atoms. The van der Waals surface area contributed by atoms with Crippen molar-refractivity contribution in [2.24, 2.45) is 0 Å². The summed E-state index contributed by atoms with van der Waals surface area (Å²) in [6.07, 6.45) is 4.72. The maximum atomic E-state index is 11.0. The van der Waals surface area contributed by atoms with Crippen LogP contribution in [0.1, 0.15) is 36.3 Å². The van der Waals surface area contributed by atoms with Crippen molar-refractivity contribution in [2.75, 3.05) is 6.54 Å². The monoisotopic (exact) mass is 357 g/mol. The fraction of sp³-hybridized carbons (Fsp3) is 0.286. The smallest absolute Gasteiger partial charge is 0.332 e. The van der Waals surface area contributed by atoms with Gasteiger partial charge in [-0.25, -0.2) is 4.79 Å². The molecule has 4 heteroatoms. The fourth-order valence-corrected chi connectivity index (χ4v) is 3.34. The van der Waals surface area contributed by atoms with E-state index >= 15 is 0 Å². The highest BCUT2D eigenvalue weighted by atomic mass is 35.5. The first-order valence-electron chi connectivity index (χ1n) is 8.49. The molecular formula is C21H24ClNO2. The number of hydrogen-bond acceptors (Lipinski definition) is 2. The van der Waals surface area contributed by atoms with Gasteiger partial charge in [0.05, 0.1) is 0 Å². The minimum absolute atomic E-state index is 0. The van der Waals surface area contributed by atoms with E-state index in [0.29, 0.717) is 24.1 Å². The van der Waals surface area contributed by atoms with Crippen molar-refractivity contribution in [3.05, 3.63) is 83.4 Å². The van der Waals surface area contributed by atoms with Gasteiger partial charge in [-0.2, -0.15) is 0 Å². The quantitative estimate of drug-likeness (QED) is 0.805. The Kier molecular flexibility index (Phi) is 7.23. The van der Waals surface area contributed by atoms with Gasteiger partial charge >= 0.3 is 5.97 Å². The summed E-state index contributed by atoms with van der Waals surface area (Å²) >= 11 is 0. The lowest BCUT2D eigenvalue weighted by Crippen LogP contribution is -2.35. The summed E-state index contributed by atoms with van der Waals surface area (Å²) in [7, 11) is 0. The summed E-state index contributed by atoms with van der Waals surface area (Å²) in [5.41, 5.74) is 3.15. The van der Waals surface area contributed by atoms with Crippen LogP contribution < -0.4 is 5.32 Å². The number of benzene rings is 2. The predicted molar refractivity (Wildman–Crippen MR) is 103 cm³/mol. The second-order valence-electron chi connectivity index (χ2n) is 6.30. The first-order chi connectivity index (χ1) is 11.7. The van der Waals surface area contributed by atoms with E-state index in [-0.39, 0.29) is 12.4 Å². The van der Waals surface area contributed by atoms with Crippen LogP contribution in [0.15, 0.2) is 72.3 Å². The van der Waals surface area contributed by atoms with Gasteiger partial charge in [-0.1, -0.05) is 66.7 Å². The number of aliphatic carboxylic acids is 1. The van der Waals surface area contributed by atoms with Crippen LogP contribution in [0.25, 0.3) is 0 Å². The lowest BCUT2D eigenvalue weighted by atomic mass is 9.85. The highest BCUT2D eigenvalue weighted by Crippen LogP contribution is 2.30. The molecule has 1 atom stereocenters. The molecule has 132 valence electrons. The van der Waals surface area contributed by atoms with Crippen LogP contribution in [0.2, 0.25) is 0 Å². The summed E-state index contributed by atoms with van der Waals surface area (Å²) < 4.78 is 0. The molecule has 1 unspecified atom stereocenters. The van der Waals surface area contributed by atoms with E-state index < -0.39 is 5.97 Å². The molecule has 2 aromatic carbocycles. The highest BCUT2D eigenvalue weighted by molar-refractivity contribution is 5.87. The number of carbonyl (C=O) groups is 1. The minimum atomic E-state index is -0.813. The fourth-order valence-electron chi connectivity index (χ4n) is 3.34. The number of nitrogens with one attached hydrogen (secondary N) is 1. The van der Waals surface area contributed by atoms with Crippen LogP contribution in [-0.2, 0) is 4.79 Å². The zero-order chi connectivity index (χ0) is 16.8. The first-order valence-corrected chi connectivity index (χ1v) is 8.49. The third-order valence-corrected chi connectivity index (χ3v) is 4.71. The molecule has 2 aromatic rings. The second kappa shape index (κ2) is 9.40. The van der Waals surface area contributed by atoms with E-state index in [1.165, 1.54) is 11.1 Å². The number of halogens is 1. The average molecular weight is 358 g/mol. The maximum Gasteiger partial charge on any atom is 0.332 e. The summed E-state index contributed by atoms with van der Waals surface area (Å²) in [5.74, 6) is -0.438. The maximum absolute atomic E-state index is 11.0. The number of carboxylic acids is 1. The van der Waals surface area contributed by atoms with Gasteiger partial charge in [-0.15, -0.1) is 12.4 Å². The molecule has 0 saturated heterocycles. The molecule has 1 heterocycles. The lowest BCUT2D eigenvalue weighted by Gasteiger charge is -2.25. The first kappa shape index (κ1) is 19.2. The SMILES string of the molecule is Cl.O=C(O)C1=CCC(CCC(c2ccccc2)c2ccccc2)NC1. The van der Waals surface area contributed by atoms with Crippen molar-refractivity contribution < 1.29 is 9.90 Å². The summed E-state index contributed by atoms with van der Waals surface area (Å²) in [6, 6.07) is 21.6. The van der Waals surface area contributed by atoms with E-state index in [1.54, 1.807) is 0 Å². The average Bonchev–Trinajstić information content (AvgIpc) is 2.64. The standard InChI is InChI=1S/C21H23NO2.ClH/c23-21(24)18-11-12-19(22-15-18)13-14-20(16-7-3-1-4-8-16)17-9-5-2-6-10-17;/h1-11,19-20,22H,12-15H2,(H,23,24);1H. The Morgan fingerprint density at radius 3 is 2.04 bits per heavy atom. The largest absolute Gasteiger partial charge is 0.478 e. The predicted octanol–water partition coefficient (Wildman–Crippen LogP) is 4.39. The third kappa shape index (κ3) is 5.18. The Labute approximate surface area is 155 Å². The van der Waals surface area contributed by atoms with Gasteiger partial charge in [0.25, 0.3) is 0 Å². The van der Waals surface area contributed by atoms with Crippen molar-refractivity contribution in [3.8, 4) is 0 Å². The van der Waals surface area contributed by atoms with Gasteiger partial charge in [0.1, 0.15) is 0 Å². The number of rotatable bonds is 6. The van der Waals surface area contributed by atoms with Crippen LogP contribution in [0.4, 0.5) is 0 Å². The zero-order valence-electron chi connectivity index (χ0n) is 14.1. The van der Waals surface area contributed by atoms with Crippen molar-refractivity contribution in [1.29, 1.82) is 0 Å². The topological polar surface area (TPSA) is 49.3 Å². The highest BCUT2D eigenvalue weighted by Gasteiger charge is 2.20. The van der Waals surface area contributed by atoms with E-state index in [0.717, 1.165) is 19.3 Å². The van der Waals surface area contributed by atoms with E-state index in [9.17, 15) is 4.79 Å². The molecule has 1 aliphatic rings. The Balaban J connectivity index is 0.00000225. The van der Waals surface area contributed by atoms with Crippen molar-refractivity contribution in [1.82, 2.24) is 5.32 Å². The molecule has 3 nitrogen and oxygen atoms in total. The molecule has 0 aromatic heterocycles. The molecule has 2 N–H and O–H groups in total. The summed E-state index contributed by atoms with van der Waals surface area (Å²) in [5, 5.41) is 12.4. The molecule has 25 heavy (non-hydrogen) atoms. The molecule has 3 rings (SSSR count). The van der Waals surface area contributed by atoms with E-state index in [4.69, 9.17) is 5.11 Å². The van der Waals surface area contributed by atoms with Crippen LogP contribution in [-0.4, -0.2) is 23.7 Å². The van der Waals surface area contributed by atoms with Gasteiger partial charge in [0, 0.05) is 24.1 Å². The Morgan fingerprint density at radius 1 is 1.04 bits per heavy atom. The summed E-state index contributed by atoms with van der Waals surface area (Å²) in [4.78, 5) is 11.0. The Hall–Kier alpha value is -2.10. The van der Waals surface area contributed by atoms with Gasteiger partial charge in [-0.3, -0.25) is 0 Å². The van der Waals surface area contributed by atoms with Gasteiger partial charge in [0.15, 0.2) is 0 Å². The van der Waals surface area contributed by atoms with E-state index in [1.807, 2.05) is 18.2 Å². The normalized spacial score (nSPS) is 16.8. The third-order valence-electron chi connectivity index (χ3n) is 4.71. The van der Waals surface area contributed by atoms with Crippen LogP contribution in [0.3, 0.4) is 0 Å². The van der Waals surface area contributed by atoms with Crippen LogP contribution >= 0.6 is 12.4 Å². The molecule has 0 fully saturated rings. The summed E-state index contributed by atoms with van der Waals surface area (Å²) in [6.45, 7) is 0.460. The number of hydrogen-bond donors (Lipinski definition) is 2. The second-order valence-corrected chi connectivity index (χ2v) is 6.30. The van der Waals surface area contributed by atoms with Crippen molar-refractivity contribution >= 4 is 18.4 Å². The lowest BCUT2D eigenvalue weighted by molar-refractivity contribution is -0.132. The molecule has 0 amide bonds.